The lowest BCUT2D eigenvalue weighted by Gasteiger charge is -2.15. The highest BCUT2D eigenvalue weighted by molar-refractivity contribution is 6.29. The standard InChI is InChI=1S/C18H16ClN3O4/c1-22(15(23)10-19)14-7-5-11(6-8-14)16-20-21-17(26-16)12-3-2-4-13(9-12)18(24)25/h2,4-9,12H,3,10H2,1H3,(H,24,25). The van der Waals surface area contributed by atoms with E-state index in [1.165, 1.54) is 4.90 Å². The van der Waals surface area contributed by atoms with Gasteiger partial charge in [-0.05, 0) is 30.7 Å². The van der Waals surface area contributed by atoms with Gasteiger partial charge >= 0.3 is 5.97 Å². The molecular weight excluding hydrogens is 358 g/mol. The molecule has 0 fully saturated rings. The van der Waals surface area contributed by atoms with E-state index >= 15 is 0 Å². The maximum absolute atomic E-state index is 11.6. The van der Waals surface area contributed by atoms with E-state index in [1.807, 2.05) is 0 Å². The number of nitrogens with zero attached hydrogens (tertiary/aromatic N) is 3. The monoisotopic (exact) mass is 373 g/mol. The van der Waals surface area contributed by atoms with E-state index < -0.39 is 5.97 Å². The highest BCUT2D eigenvalue weighted by atomic mass is 35.5. The third-order valence-corrected chi connectivity index (χ3v) is 4.29. The van der Waals surface area contributed by atoms with Crippen molar-refractivity contribution in [2.75, 3.05) is 17.8 Å². The van der Waals surface area contributed by atoms with E-state index in [0.717, 1.165) is 0 Å². The summed E-state index contributed by atoms with van der Waals surface area (Å²) < 4.78 is 5.71. The van der Waals surface area contributed by atoms with Crippen LogP contribution in [0.2, 0.25) is 0 Å². The van der Waals surface area contributed by atoms with Gasteiger partial charge < -0.3 is 14.4 Å². The van der Waals surface area contributed by atoms with Crippen LogP contribution in [0.15, 0.2) is 52.5 Å². The van der Waals surface area contributed by atoms with Gasteiger partial charge in [0.2, 0.25) is 17.7 Å². The molecule has 1 atom stereocenters. The number of hydrogen-bond acceptors (Lipinski definition) is 5. The zero-order chi connectivity index (χ0) is 18.7. The van der Waals surface area contributed by atoms with Crippen molar-refractivity contribution in [2.24, 2.45) is 0 Å². The van der Waals surface area contributed by atoms with E-state index in [9.17, 15) is 9.59 Å². The normalized spacial score (nSPS) is 16.2. The van der Waals surface area contributed by atoms with Crippen LogP contribution in [0.25, 0.3) is 11.5 Å². The summed E-state index contributed by atoms with van der Waals surface area (Å²) in [7, 11) is 1.65. The Morgan fingerprint density at radius 1 is 1.31 bits per heavy atom. The van der Waals surface area contributed by atoms with Gasteiger partial charge in [-0.15, -0.1) is 21.8 Å². The Hall–Kier alpha value is -2.93. The van der Waals surface area contributed by atoms with Crippen molar-refractivity contribution in [3.8, 4) is 11.5 Å². The van der Waals surface area contributed by atoms with Gasteiger partial charge in [0.05, 0.1) is 11.5 Å². The van der Waals surface area contributed by atoms with Crippen molar-refractivity contribution in [2.45, 2.75) is 12.3 Å². The van der Waals surface area contributed by atoms with Crippen molar-refractivity contribution in [3.05, 3.63) is 54.0 Å². The molecule has 0 spiro atoms. The van der Waals surface area contributed by atoms with Gasteiger partial charge in [0.15, 0.2) is 0 Å². The second-order valence-electron chi connectivity index (χ2n) is 5.75. The molecule has 0 saturated carbocycles. The van der Waals surface area contributed by atoms with Crippen LogP contribution < -0.4 is 4.90 Å². The molecular formula is C18H16ClN3O4. The van der Waals surface area contributed by atoms with Crippen LogP contribution in [-0.2, 0) is 9.59 Å². The predicted molar refractivity (Wildman–Crippen MR) is 96.1 cm³/mol. The van der Waals surface area contributed by atoms with Crippen molar-refractivity contribution < 1.29 is 19.1 Å². The van der Waals surface area contributed by atoms with Crippen LogP contribution in [0, 0.1) is 0 Å². The molecule has 1 aromatic heterocycles. The summed E-state index contributed by atoms with van der Waals surface area (Å²) in [6.45, 7) is 0. The number of benzene rings is 1. The van der Waals surface area contributed by atoms with Crippen molar-refractivity contribution in [3.63, 3.8) is 0 Å². The van der Waals surface area contributed by atoms with Gasteiger partial charge in [-0.1, -0.05) is 18.2 Å². The molecule has 1 aromatic carbocycles. The van der Waals surface area contributed by atoms with E-state index in [2.05, 4.69) is 10.2 Å². The lowest BCUT2D eigenvalue weighted by molar-refractivity contribution is -0.132. The zero-order valence-electron chi connectivity index (χ0n) is 13.9. The van der Waals surface area contributed by atoms with Crippen LogP contribution in [0.4, 0.5) is 5.69 Å². The van der Waals surface area contributed by atoms with Gasteiger partial charge in [0.1, 0.15) is 5.88 Å². The molecule has 2 aromatic rings. The number of carbonyl (C=O) groups excluding carboxylic acids is 1. The number of carboxylic acids is 1. The molecule has 0 bridgehead atoms. The number of carboxylic acid groups (broad SMARTS) is 1. The Morgan fingerprint density at radius 2 is 2.04 bits per heavy atom. The number of allylic oxidation sites excluding steroid dienone is 2. The highest BCUT2D eigenvalue weighted by Gasteiger charge is 2.21. The number of hydrogen-bond donors (Lipinski definition) is 1. The number of aromatic nitrogens is 2. The van der Waals surface area contributed by atoms with E-state index in [1.54, 1.807) is 49.5 Å². The minimum Gasteiger partial charge on any atom is -0.478 e. The quantitative estimate of drug-likeness (QED) is 0.809. The summed E-state index contributed by atoms with van der Waals surface area (Å²) in [6, 6.07) is 7.05. The Labute approximate surface area is 154 Å². The van der Waals surface area contributed by atoms with Gasteiger partial charge in [-0.2, -0.15) is 0 Å². The number of halogens is 1. The molecule has 26 heavy (non-hydrogen) atoms. The molecule has 7 nitrogen and oxygen atoms in total. The van der Waals surface area contributed by atoms with E-state index in [0.29, 0.717) is 29.5 Å². The van der Waals surface area contributed by atoms with Gasteiger partial charge in [0.25, 0.3) is 0 Å². The molecule has 1 aliphatic carbocycles. The summed E-state index contributed by atoms with van der Waals surface area (Å²) in [6.07, 6.45) is 5.54. The number of anilines is 1. The Bertz CT molecular complexity index is 886. The third-order valence-electron chi connectivity index (χ3n) is 4.06. The number of aliphatic carboxylic acids is 1. The first-order valence-corrected chi connectivity index (χ1v) is 8.41. The van der Waals surface area contributed by atoms with Crippen LogP contribution in [-0.4, -0.2) is 40.1 Å². The van der Waals surface area contributed by atoms with Gasteiger partial charge in [0, 0.05) is 18.3 Å². The van der Waals surface area contributed by atoms with Crippen LogP contribution >= 0.6 is 11.6 Å². The van der Waals surface area contributed by atoms with Gasteiger partial charge in [-0.25, -0.2) is 4.79 Å². The molecule has 0 saturated heterocycles. The first kappa shape index (κ1) is 17.9. The average molecular weight is 374 g/mol. The fourth-order valence-corrected chi connectivity index (χ4v) is 2.74. The molecule has 0 radical (unpaired) electrons. The van der Waals surface area contributed by atoms with Crippen molar-refractivity contribution in [1.29, 1.82) is 0 Å². The molecule has 1 aliphatic rings. The van der Waals surface area contributed by atoms with E-state index in [4.69, 9.17) is 21.1 Å². The summed E-state index contributed by atoms with van der Waals surface area (Å²) in [5.41, 5.74) is 1.61. The topological polar surface area (TPSA) is 96.5 Å². The van der Waals surface area contributed by atoms with Crippen LogP contribution in [0.5, 0.6) is 0 Å². The van der Waals surface area contributed by atoms with Crippen LogP contribution in [0.1, 0.15) is 18.2 Å². The Morgan fingerprint density at radius 3 is 2.69 bits per heavy atom. The number of amides is 1. The molecule has 3 rings (SSSR count). The fraction of sp³-hybridized carbons (Fsp3) is 0.222. The first-order valence-electron chi connectivity index (χ1n) is 7.87. The highest BCUT2D eigenvalue weighted by Crippen LogP contribution is 2.29. The minimum absolute atomic E-state index is 0.0903. The second kappa shape index (κ2) is 7.53. The first-order chi connectivity index (χ1) is 12.5. The zero-order valence-corrected chi connectivity index (χ0v) is 14.7. The molecule has 8 heteroatoms. The lowest BCUT2D eigenvalue weighted by atomic mass is 9.96. The minimum atomic E-state index is -0.989. The molecule has 134 valence electrons. The average Bonchev–Trinajstić information content (AvgIpc) is 3.17. The predicted octanol–water partition coefficient (Wildman–Crippen LogP) is 2.99. The molecule has 1 amide bonds. The maximum atomic E-state index is 11.6. The van der Waals surface area contributed by atoms with Crippen LogP contribution in [0.3, 0.4) is 0 Å². The number of rotatable bonds is 5. The van der Waals surface area contributed by atoms with Crippen molar-refractivity contribution >= 4 is 29.2 Å². The van der Waals surface area contributed by atoms with Crippen molar-refractivity contribution in [1.82, 2.24) is 10.2 Å². The third kappa shape index (κ3) is 3.67. The fourth-order valence-electron chi connectivity index (χ4n) is 2.56. The summed E-state index contributed by atoms with van der Waals surface area (Å²) >= 11 is 5.56. The second-order valence-corrected chi connectivity index (χ2v) is 6.02. The number of carbonyl (C=O) groups is 2. The summed E-state index contributed by atoms with van der Waals surface area (Å²) in [5.74, 6) is -0.853. The molecule has 1 unspecified atom stereocenters. The largest absolute Gasteiger partial charge is 0.478 e. The summed E-state index contributed by atoms with van der Waals surface area (Å²) in [4.78, 5) is 24.2. The molecule has 1 N–H and O–H groups in total. The lowest BCUT2D eigenvalue weighted by Crippen LogP contribution is -2.26. The number of alkyl halides is 1. The molecule has 0 aliphatic heterocycles. The molecule has 1 heterocycles. The van der Waals surface area contributed by atoms with Gasteiger partial charge in [-0.3, -0.25) is 4.79 Å². The Balaban J connectivity index is 1.79. The SMILES string of the molecule is CN(C(=O)CCl)c1ccc(-c2nnc(C3C=C(C(=O)O)C=CC3)o2)cc1. The Kier molecular flexibility index (Phi) is 5.18. The summed E-state index contributed by atoms with van der Waals surface area (Å²) in [5, 5.41) is 17.2. The smallest absolute Gasteiger partial charge is 0.335 e. The maximum Gasteiger partial charge on any atom is 0.335 e. The van der Waals surface area contributed by atoms with E-state index in [-0.39, 0.29) is 23.3 Å².